The van der Waals surface area contributed by atoms with Gasteiger partial charge in [-0.15, -0.1) is 0 Å². The Bertz CT molecular complexity index is 902. The van der Waals surface area contributed by atoms with E-state index in [1.165, 1.54) is 0 Å². The van der Waals surface area contributed by atoms with Crippen molar-refractivity contribution in [1.29, 1.82) is 0 Å². The van der Waals surface area contributed by atoms with Gasteiger partial charge in [-0.3, -0.25) is 9.48 Å². The molecule has 140 valence electrons. The van der Waals surface area contributed by atoms with E-state index < -0.39 is 0 Å². The summed E-state index contributed by atoms with van der Waals surface area (Å²) in [5.74, 6) is 1.47. The van der Waals surface area contributed by atoms with Crippen molar-refractivity contribution in [3.8, 4) is 11.4 Å². The Morgan fingerprint density at radius 2 is 2.11 bits per heavy atom. The van der Waals surface area contributed by atoms with Crippen molar-refractivity contribution >= 4 is 5.91 Å². The fraction of sp³-hybridized carbons (Fsp3) is 0.400. The van der Waals surface area contributed by atoms with Crippen LogP contribution in [-0.2, 0) is 11.3 Å². The van der Waals surface area contributed by atoms with Crippen molar-refractivity contribution < 1.29 is 9.32 Å². The minimum Gasteiger partial charge on any atom is -0.342 e. The van der Waals surface area contributed by atoms with Gasteiger partial charge in [0.05, 0.1) is 11.6 Å². The number of hydrogen-bond donors (Lipinski definition) is 0. The van der Waals surface area contributed by atoms with Crippen molar-refractivity contribution in [2.75, 3.05) is 13.1 Å². The summed E-state index contributed by atoms with van der Waals surface area (Å²) >= 11 is 0. The van der Waals surface area contributed by atoms with Crippen molar-refractivity contribution in [1.82, 2.24) is 24.8 Å². The molecule has 1 aliphatic heterocycles. The molecule has 1 fully saturated rings. The van der Waals surface area contributed by atoms with E-state index in [0.29, 0.717) is 31.2 Å². The van der Waals surface area contributed by atoms with Gasteiger partial charge in [-0.1, -0.05) is 35.5 Å². The quantitative estimate of drug-likeness (QED) is 0.694. The van der Waals surface area contributed by atoms with Gasteiger partial charge in [0.15, 0.2) is 0 Å². The lowest BCUT2D eigenvalue weighted by molar-refractivity contribution is -0.132. The third kappa shape index (κ3) is 4.07. The van der Waals surface area contributed by atoms with E-state index in [4.69, 9.17) is 4.52 Å². The summed E-state index contributed by atoms with van der Waals surface area (Å²) in [6.07, 6.45) is 4.26. The summed E-state index contributed by atoms with van der Waals surface area (Å²) in [7, 11) is 0. The molecule has 7 heteroatoms. The van der Waals surface area contributed by atoms with Gasteiger partial charge < -0.3 is 9.42 Å². The molecular formula is C20H23N5O2. The lowest BCUT2D eigenvalue weighted by Crippen LogP contribution is -2.39. The topological polar surface area (TPSA) is 77.0 Å². The highest BCUT2D eigenvalue weighted by atomic mass is 16.5. The maximum absolute atomic E-state index is 12.6. The molecule has 0 radical (unpaired) electrons. The zero-order valence-electron chi connectivity index (χ0n) is 15.4. The molecule has 0 spiro atoms. The first-order valence-corrected chi connectivity index (χ1v) is 9.36. The summed E-state index contributed by atoms with van der Waals surface area (Å²) in [5.41, 5.74) is 1.90. The van der Waals surface area contributed by atoms with Crippen LogP contribution in [0, 0.1) is 6.92 Å². The Kier molecular flexibility index (Phi) is 5.00. The van der Waals surface area contributed by atoms with Crippen LogP contribution >= 0.6 is 0 Å². The third-order valence-electron chi connectivity index (χ3n) is 4.93. The van der Waals surface area contributed by atoms with E-state index in [1.807, 2.05) is 59.1 Å². The molecule has 2 aromatic heterocycles. The molecule has 1 amide bonds. The van der Waals surface area contributed by atoms with Gasteiger partial charge in [0.25, 0.3) is 0 Å². The molecule has 0 aliphatic carbocycles. The molecule has 0 unspecified atom stereocenters. The standard InChI is InChI=1S/C20H23N5O2/c1-15-9-12-25(22-15)13-10-18(26)24-11-5-8-17(14-24)20-21-19(23-27-20)16-6-3-2-4-7-16/h2-4,6-7,9,12,17H,5,8,10-11,13-14H2,1H3/t17-/m1/s1. The number of hydrogen-bond acceptors (Lipinski definition) is 5. The second kappa shape index (κ2) is 7.73. The normalized spacial score (nSPS) is 17.2. The molecule has 0 N–H and O–H groups in total. The van der Waals surface area contributed by atoms with Crippen LogP contribution < -0.4 is 0 Å². The fourth-order valence-electron chi connectivity index (χ4n) is 3.47. The number of likely N-dealkylation sites (tertiary alicyclic amines) is 1. The molecule has 3 aromatic rings. The molecule has 3 heterocycles. The largest absolute Gasteiger partial charge is 0.342 e. The Hall–Kier alpha value is -2.96. The van der Waals surface area contributed by atoms with Crippen LogP contribution in [0.2, 0.25) is 0 Å². The van der Waals surface area contributed by atoms with E-state index >= 15 is 0 Å². The number of benzene rings is 1. The van der Waals surface area contributed by atoms with Crippen LogP contribution in [0.15, 0.2) is 47.1 Å². The third-order valence-corrected chi connectivity index (χ3v) is 4.93. The SMILES string of the molecule is Cc1ccn(CCC(=O)N2CCC[C@@H](c3nc(-c4ccccc4)no3)C2)n1. The van der Waals surface area contributed by atoms with Crippen molar-refractivity contribution in [2.24, 2.45) is 0 Å². The molecule has 4 rings (SSSR count). The average molecular weight is 365 g/mol. The second-order valence-corrected chi connectivity index (χ2v) is 6.97. The number of carbonyl (C=O) groups is 1. The first-order valence-electron chi connectivity index (χ1n) is 9.36. The molecule has 7 nitrogen and oxygen atoms in total. The van der Waals surface area contributed by atoms with E-state index in [1.54, 1.807) is 0 Å². The average Bonchev–Trinajstić information content (AvgIpc) is 3.36. The van der Waals surface area contributed by atoms with Crippen LogP contribution in [0.1, 0.15) is 36.8 Å². The Balaban J connectivity index is 1.38. The fourth-order valence-corrected chi connectivity index (χ4v) is 3.47. The van der Waals surface area contributed by atoms with Gasteiger partial charge in [0.2, 0.25) is 17.6 Å². The summed E-state index contributed by atoms with van der Waals surface area (Å²) in [6, 6.07) is 11.7. The minimum atomic E-state index is 0.0969. The summed E-state index contributed by atoms with van der Waals surface area (Å²) < 4.78 is 7.32. The van der Waals surface area contributed by atoms with E-state index in [9.17, 15) is 4.79 Å². The summed E-state index contributed by atoms with van der Waals surface area (Å²) in [4.78, 5) is 19.1. The number of amides is 1. The zero-order chi connectivity index (χ0) is 18.6. The van der Waals surface area contributed by atoms with E-state index in [2.05, 4.69) is 15.2 Å². The Morgan fingerprint density at radius 3 is 2.89 bits per heavy atom. The predicted octanol–water partition coefficient (Wildman–Crippen LogP) is 3.04. The van der Waals surface area contributed by atoms with Crippen LogP contribution in [0.4, 0.5) is 0 Å². The second-order valence-electron chi connectivity index (χ2n) is 6.97. The van der Waals surface area contributed by atoms with Gasteiger partial charge in [-0.05, 0) is 25.8 Å². The first kappa shape index (κ1) is 17.5. The number of piperidine rings is 1. The molecule has 1 aromatic carbocycles. The molecule has 27 heavy (non-hydrogen) atoms. The minimum absolute atomic E-state index is 0.0969. The number of carbonyl (C=O) groups excluding carboxylic acids is 1. The Labute approximate surface area is 158 Å². The molecule has 1 saturated heterocycles. The zero-order valence-corrected chi connectivity index (χ0v) is 15.4. The maximum Gasteiger partial charge on any atom is 0.231 e. The molecule has 1 aliphatic rings. The number of rotatable bonds is 5. The van der Waals surface area contributed by atoms with Gasteiger partial charge in [-0.2, -0.15) is 10.1 Å². The van der Waals surface area contributed by atoms with Gasteiger partial charge >= 0.3 is 0 Å². The van der Waals surface area contributed by atoms with Gasteiger partial charge in [0, 0.05) is 37.8 Å². The highest BCUT2D eigenvalue weighted by molar-refractivity contribution is 5.76. The lowest BCUT2D eigenvalue weighted by atomic mass is 9.97. The number of aryl methyl sites for hydroxylation is 2. The van der Waals surface area contributed by atoms with Crippen LogP contribution in [-0.4, -0.2) is 43.8 Å². The summed E-state index contributed by atoms with van der Waals surface area (Å²) in [5, 5.41) is 8.44. The number of aromatic nitrogens is 4. The highest BCUT2D eigenvalue weighted by Crippen LogP contribution is 2.27. The van der Waals surface area contributed by atoms with Gasteiger partial charge in [0.1, 0.15) is 0 Å². The molecule has 1 atom stereocenters. The molecule has 0 bridgehead atoms. The van der Waals surface area contributed by atoms with Crippen molar-refractivity contribution in [2.45, 2.75) is 38.6 Å². The summed E-state index contributed by atoms with van der Waals surface area (Å²) in [6.45, 7) is 3.97. The smallest absolute Gasteiger partial charge is 0.231 e. The van der Waals surface area contributed by atoms with Crippen LogP contribution in [0.25, 0.3) is 11.4 Å². The first-order chi connectivity index (χ1) is 13.2. The van der Waals surface area contributed by atoms with E-state index in [0.717, 1.165) is 30.6 Å². The Morgan fingerprint density at radius 1 is 1.26 bits per heavy atom. The monoisotopic (exact) mass is 365 g/mol. The van der Waals surface area contributed by atoms with Crippen LogP contribution in [0.3, 0.4) is 0 Å². The van der Waals surface area contributed by atoms with Crippen molar-refractivity contribution in [3.63, 3.8) is 0 Å². The van der Waals surface area contributed by atoms with Crippen molar-refractivity contribution in [3.05, 3.63) is 54.2 Å². The van der Waals surface area contributed by atoms with Crippen LogP contribution in [0.5, 0.6) is 0 Å². The van der Waals surface area contributed by atoms with E-state index in [-0.39, 0.29) is 11.8 Å². The predicted molar refractivity (Wildman–Crippen MR) is 99.9 cm³/mol. The maximum atomic E-state index is 12.6. The molecule has 0 saturated carbocycles. The highest BCUT2D eigenvalue weighted by Gasteiger charge is 2.28. The molecular weight excluding hydrogens is 342 g/mol. The lowest BCUT2D eigenvalue weighted by Gasteiger charge is -2.31. The van der Waals surface area contributed by atoms with Gasteiger partial charge in [-0.25, -0.2) is 0 Å². The number of nitrogens with zero attached hydrogens (tertiary/aromatic N) is 5.